The van der Waals surface area contributed by atoms with Crippen LogP contribution in [0.3, 0.4) is 0 Å². The number of nitrogens with zero attached hydrogens (tertiary/aromatic N) is 2. The Morgan fingerprint density at radius 3 is 2.63 bits per heavy atom. The number of amides is 1. The maximum absolute atomic E-state index is 12.8. The summed E-state index contributed by atoms with van der Waals surface area (Å²) in [5.41, 5.74) is 4.49. The zero-order chi connectivity index (χ0) is 19.6. The van der Waals surface area contributed by atoms with Crippen LogP contribution in [0, 0.1) is 13.8 Å². The first kappa shape index (κ1) is 19.4. The quantitative estimate of drug-likeness (QED) is 0.853. The molecule has 27 heavy (non-hydrogen) atoms. The maximum atomic E-state index is 12.8. The monoisotopic (exact) mass is 387 g/mol. The Morgan fingerprint density at radius 1 is 1.26 bits per heavy atom. The lowest BCUT2D eigenvalue weighted by atomic mass is 10.1. The van der Waals surface area contributed by atoms with Crippen LogP contribution in [0.25, 0.3) is 0 Å². The van der Waals surface area contributed by atoms with E-state index in [1.54, 1.807) is 17.2 Å². The van der Waals surface area contributed by atoms with Crippen molar-refractivity contribution in [2.45, 2.75) is 33.2 Å². The third kappa shape index (κ3) is 4.30. The number of nitrogens with one attached hydrogen (secondary N) is 1. The van der Waals surface area contributed by atoms with E-state index in [2.05, 4.69) is 30.2 Å². The Morgan fingerprint density at radius 2 is 2.04 bits per heavy atom. The molecule has 0 bridgehead atoms. The molecule has 1 aromatic heterocycles. The van der Waals surface area contributed by atoms with Crippen molar-refractivity contribution in [2.24, 2.45) is 0 Å². The number of carbonyl (C=O) groups excluding carboxylic acids is 1. The van der Waals surface area contributed by atoms with E-state index < -0.39 is 9.84 Å². The second kappa shape index (κ2) is 7.68. The highest BCUT2D eigenvalue weighted by Crippen LogP contribution is 2.23. The number of rotatable bonds is 5. The average molecular weight is 388 g/mol. The molecule has 144 valence electrons. The molecule has 3 rings (SSSR count). The zero-order valence-electron chi connectivity index (χ0n) is 15.9. The van der Waals surface area contributed by atoms with Gasteiger partial charge in [-0.3, -0.25) is 4.79 Å². The molecule has 1 aromatic carbocycles. The summed E-state index contributed by atoms with van der Waals surface area (Å²) in [7, 11) is -3.04. The van der Waals surface area contributed by atoms with Crippen LogP contribution in [0.1, 0.15) is 35.0 Å². The van der Waals surface area contributed by atoms with Gasteiger partial charge in [0.2, 0.25) is 0 Å². The number of carbonyl (C=O) groups is 1. The third-order valence-electron chi connectivity index (χ3n) is 5.12. The van der Waals surface area contributed by atoms with E-state index in [0.29, 0.717) is 18.7 Å². The molecular formula is C20H25N3O3S. The molecule has 2 aromatic rings. The molecule has 0 aliphatic carbocycles. The lowest BCUT2D eigenvalue weighted by molar-refractivity contribution is 0.0702. The Labute approximate surface area is 160 Å². The molecule has 6 nitrogen and oxygen atoms in total. The van der Waals surface area contributed by atoms with Crippen LogP contribution in [-0.4, -0.2) is 48.3 Å². The first-order valence-electron chi connectivity index (χ1n) is 9.11. The number of aromatic nitrogens is 1. The molecule has 1 aliphatic heterocycles. The van der Waals surface area contributed by atoms with Crippen molar-refractivity contribution in [3.05, 3.63) is 53.3 Å². The van der Waals surface area contributed by atoms with Gasteiger partial charge in [-0.15, -0.1) is 0 Å². The largest absolute Gasteiger partial charge is 0.354 e. The zero-order valence-corrected chi connectivity index (χ0v) is 16.7. The van der Waals surface area contributed by atoms with Gasteiger partial charge in [-0.2, -0.15) is 0 Å². The lowest BCUT2D eigenvalue weighted by Gasteiger charge is -2.26. The molecule has 1 fully saturated rings. The summed E-state index contributed by atoms with van der Waals surface area (Å²) >= 11 is 0. The minimum absolute atomic E-state index is 0.0405. The number of aryl methyl sites for hydroxylation is 1. The molecule has 0 saturated carbocycles. The highest BCUT2D eigenvalue weighted by molar-refractivity contribution is 7.91. The van der Waals surface area contributed by atoms with Gasteiger partial charge in [0.05, 0.1) is 23.4 Å². The predicted octanol–water partition coefficient (Wildman–Crippen LogP) is 3.09. The predicted molar refractivity (Wildman–Crippen MR) is 107 cm³/mol. The molecule has 1 unspecified atom stereocenters. The Kier molecular flexibility index (Phi) is 5.51. The number of hydrogen-bond acceptors (Lipinski definition) is 5. The van der Waals surface area contributed by atoms with Crippen molar-refractivity contribution in [3.63, 3.8) is 0 Å². The van der Waals surface area contributed by atoms with Gasteiger partial charge in [0.25, 0.3) is 5.91 Å². The van der Waals surface area contributed by atoms with Crippen molar-refractivity contribution in [1.82, 2.24) is 9.88 Å². The third-order valence-corrected chi connectivity index (χ3v) is 6.87. The minimum Gasteiger partial charge on any atom is -0.354 e. The van der Waals surface area contributed by atoms with Crippen LogP contribution in [0.4, 0.5) is 11.4 Å². The van der Waals surface area contributed by atoms with Crippen LogP contribution in [-0.2, 0) is 9.84 Å². The number of sulfone groups is 1. The van der Waals surface area contributed by atoms with Crippen molar-refractivity contribution in [2.75, 3.05) is 23.4 Å². The van der Waals surface area contributed by atoms with E-state index in [0.717, 1.165) is 16.9 Å². The van der Waals surface area contributed by atoms with Gasteiger partial charge in [-0.05, 0) is 56.5 Å². The highest BCUT2D eigenvalue weighted by Gasteiger charge is 2.34. The van der Waals surface area contributed by atoms with E-state index in [4.69, 9.17) is 0 Å². The van der Waals surface area contributed by atoms with E-state index in [1.165, 1.54) is 5.56 Å². The normalized spacial score (nSPS) is 18.3. The van der Waals surface area contributed by atoms with Gasteiger partial charge >= 0.3 is 0 Å². The van der Waals surface area contributed by atoms with Crippen molar-refractivity contribution in [1.29, 1.82) is 0 Å². The van der Waals surface area contributed by atoms with Crippen LogP contribution in [0.5, 0.6) is 0 Å². The fourth-order valence-corrected chi connectivity index (χ4v) is 5.10. The van der Waals surface area contributed by atoms with Crippen molar-refractivity contribution in [3.8, 4) is 0 Å². The van der Waals surface area contributed by atoms with Gasteiger partial charge in [0, 0.05) is 18.3 Å². The molecule has 2 heterocycles. The van der Waals surface area contributed by atoms with Gasteiger partial charge in [-0.1, -0.05) is 12.1 Å². The van der Waals surface area contributed by atoms with Gasteiger partial charge in [-0.25, -0.2) is 13.4 Å². The second-order valence-electron chi connectivity index (χ2n) is 6.95. The molecule has 1 aliphatic rings. The fraction of sp³-hybridized carbons (Fsp3) is 0.400. The summed E-state index contributed by atoms with van der Waals surface area (Å²) in [6.45, 7) is 6.43. The van der Waals surface area contributed by atoms with E-state index in [-0.39, 0.29) is 23.5 Å². The smallest absolute Gasteiger partial charge is 0.272 e. The van der Waals surface area contributed by atoms with Crippen LogP contribution in [0.15, 0.2) is 36.5 Å². The molecule has 1 N–H and O–H groups in total. The Hall–Kier alpha value is -2.41. The summed E-state index contributed by atoms with van der Waals surface area (Å²) < 4.78 is 23.5. The summed E-state index contributed by atoms with van der Waals surface area (Å²) in [4.78, 5) is 18.7. The number of hydrogen-bond donors (Lipinski definition) is 1. The molecule has 7 heteroatoms. The molecule has 0 radical (unpaired) electrons. The van der Waals surface area contributed by atoms with Crippen molar-refractivity contribution >= 4 is 27.1 Å². The first-order chi connectivity index (χ1) is 12.8. The van der Waals surface area contributed by atoms with Crippen LogP contribution >= 0.6 is 0 Å². The summed E-state index contributed by atoms with van der Waals surface area (Å²) in [5, 5.41) is 3.32. The van der Waals surface area contributed by atoms with Gasteiger partial charge < -0.3 is 10.2 Å². The lowest BCUT2D eigenvalue weighted by Crippen LogP contribution is -2.41. The van der Waals surface area contributed by atoms with E-state index in [9.17, 15) is 13.2 Å². The molecule has 1 saturated heterocycles. The molecular weight excluding hydrogens is 362 g/mol. The van der Waals surface area contributed by atoms with Crippen LogP contribution in [0.2, 0.25) is 0 Å². The molecule has 0 spiro atoms. The SMILES string of the molecule is CCN(C(=O)c1ccc(Nc2cccc(C)c2C)cn1)C1CCS(=O)(=O)C1. The molecule has 1 amide bonds. The number of pyridine rings is 1. The minimum atomic E-state index is -3.04. The highest BCUT2D eigenvalue weighted by atomic mass is 32.2. The van der Waals surface area contributed by atoms with Gasteiger partial charge in [0.1, 0.15) is 5.69 Å². The Balaban J connectivity index is 1.74. The van der Waals surface area contributed by atoms with Crippen LogP contribution < -0.4 is 5.32 Å². The first-order valence-corrected chi connectivity index (χ1v) is 10.9. The van der Waals surface area contributed by atoms with E-state index >= 15 is 0 Å². The van der Waals surface area contributed by atoms with Gasteiger partial charge in [0.15, 0.2) is 9.84 Å². The summed E-state index contributed by atoms with van der Waals surface area (Å²) in [5.74, 6) is -0.0372. The number of benzene rings is 1. The summed E-state index contributed by atoms with van der Waals surface area (Å²) in [6, 6.07) is 9.29. The maximum Gasteiger partial charge on any atom is 0.272 e. The standard InChI is InChI=1S/C20H25N3O3S/c1-4-23(17-10-11-27(25,26)13-17)20(24)19-9-8-16(12-21-19)22-18-7-5-6-14(2)15(18)3/h5-9,12,17,22H,4,10-11,13H2,1-3H3. The Bertz CT molecular complexity index is 939. The number of anilines is 2. The van der Waals surface area contributed by atoms with E-state index in [1.807, 2.05) is 25.1 Å². The summed E-state index contributed by atoms with van der Waals surface area (Å²) in [6.07, 6.45) is 2.13. The van der Waals surface area contributed by atoms with Crippen molar-refractivity contribution < 1.29 is 13.2 Å². The second-order valence-corrected chi connectivity index (χ2v) is 9.18. The average Bonchev–Trinajstić information content (AvgIpc) is 2.99. The fourth-order valence-electron chi connectivity index (χ4n) is 3.37. The molecule has 1 atom stereocenters. The topological polar surface area (TPSA) is 79.4 Å².